The monoisotopic (exact) mass is 375 g/mol. The Hall–Kier alpha value is -1.14. The van der Waals surface area contributed by atoms with E-state index >= 15 is 0 Å². The number of hydrogen-bond acceptors (Lipinski definition) is 5. The largest absolute Gasteiger partial charge is 0.497 e. The van der Waals surface area contributed by atoms with Gasteiger partial charge in [0.25, 0.3) is 0 Å². The molecular weight excluding hydrogens is 338 g/mol. The molecule has 5 heteroatoms. The number of likely N-dealkylation sites (tertiary alicyclic amines) is 1. The molecule has 5 nitrogen and oxygen atoms in total. The molecule has 3 rings (SSSR count). The molecule has 152 valence electrons. The lowest BCUT2D eigenvalue weighted by atomic mass is 9.75. The van der Waals surface area contributed by atoms with Crippen LogP contribution in [-0.2, 0) is 6.42 Å². The molecule has 2 heterocycles. The summed E-state index contributed by atoms with van der Waals surface area (Å²) in [6.45, 7) is 7.97. The van der Waals surface area contributed by atoms with Gasteiger partial charge in [0.2, 0.25) is 0 Å². The third kappa shape index (κ3) is 5.67. The summed E-state index contributed by atoms with van der Waals surface area (Å²) in [6, 6.07) is 9.36. The number of nitrogens with one attached hydrogen (secondary N) is 2. The molecule has 2 saturated heterocycles. The van der Waals surface area contributed by atoms with Gasteiger partial charge < -0.3 is 14.7 Å². The number of piperidine rings is 1. The zero-order chi connectivity index (χ0) is 19.3. The highest BCUT2D eigenvalue weighted by atomic mass is 16.5. The molecule has 0 saturated carbocycles. The topological polar surface area (TPSA) is 56.8 Å². The number of aliphatic hydroxyl groups is 1. The van der Waals surface area contributed by atoms with Gasteiger partial charge in [0.15, 0.2) is 0 Å². The number of hydrogen-bond donors (Lipinski definition) is 3. The lowest BCUT2D eigenvalue weighted by Gasteiger charge is -2.43. The average Bonchev–Trinajstić information content (AvgIpc) is 3.08. The zero-order valence-corrected chi connectivity index (χ0v) is 17.2. The number of aliphatic hydroxyl groups excluding tert-OH is 1. The van der Waals surface area contributed by atoms with Crippen LogP contribution < -0.4 is 15.6 Å². The normalized spacial score (nSPS) is 29.4. The molecule has 1 aromatic rings. The van der Waals surface area contributed by atoms with E-state index < -0.39 is 0 Å². The summed E-state index contributed by atoms with van der Waals surface area (Å²) in [5.74, 6) is 1.62. The van der Waals surface area contributed by atoms with Crippen LogP contribution in [0.2, 0.25) is 0 Å². The van der Waals surface area contributed by atoms with Crippen LogP contribution in [0.15, 0.2) is 24.3 Å². The van der Waals surface area contributed by atoms with Gasteiger partial charge in [-0.2, -0.15) is 0 Å². The van der Waals surface area contributed by atoms with Crippen LogP contribution in [0.3, 0.4) is 0 Å². The summed E-state index contributed by atoms with van der Waals surface area (Å²) < 4.78 is 5.37. The van der Waals surface area contributed by atoms with E-state index in [4.69, 9.17) is 4.74 Å². The van der Waals surface area contributed by atoms with E-state index in [1.54, 1.807) is 7.11 Å². The number of methoxy groups -OCH3 is 1. The molecular formula is C22H37N3O2. The molecule has 0 radical (unpaired) electrons. The van der Waals surface area contributed by atoms with Crippen molar-refractivity contribution in [3.05, 3.63) is 29.8 Å². The fraction of sp³-hybridized carbons (Fsp3) is 0.727. The van der Waals surface area contributed by atoms with E-state index in [0.29, 0.717) is 12.1 Å². The maximum atomic E-state index is 10.3. The molecule has 27 heavy (non-hydrogen) atoms. The van der Waals surface area contributed by atoms with Crippen LogP contribution in [0.1, 0.15) is 45.1 Å². The summed E-state index contributed by atoms with van der Waals surface area (Å²) in [5.41, 5.74) is 8.18. The van der Waals surface area contributed by atoms with Crippen molar-refractivity contribution in [3.8, 4) is 5.75 Å². The molecule has 0 aliphatic carbocycles. The van der Waals surface area contributed by atoms with Crippen molar-refractivity contribution in [1.82, 2.24) is 15.8 Å². The molecule has 0 spiro atoms. The van der Waals surface area contributed by atoms with Crippen LogP contribution in [0, 0.1) is 11.3 Å². The van der Waals surface area contributed by atoms with E-state index in [2.05, 4.69) is 41.7 Å². The van der Waals surface area contributed by atoms with Gasteiger partial charge in [-0.3, -0.25) is 10.9 Å². The lowest BCUT2D eigenvalue weighted by Crippen LogP contribution is -2.50. The summed E-state index contributed by atoms with van der Waals surface area (Å²) in [7, 11) is 1.71. The average molecular weight is 376 g/mol. The molecule has 2 fully saturated rings. The highest BCUT2D eigenvalue weighted by Crippen LogP contribution is 2.34. The van der Waals surface area contributed by atoms with Crippen LogP contribution >= 0.6 is 0 Å². The quantitative estimate of drug-likeness (QED) is 0.652. The third-order valence-corrected chi connectivity index (χ3v) is 6.08. The van der Waals surface area contributed by atoms with Gasteiger partial charge in [-0.05, 0) is 62.3 Å². The number of benzene rings is 1. The Kier molecular flexibility index (Phi) is 7.15. The van der Waals surface area contributed by atoms with Crippen molar-refractivity contribution >= 4 is 0 Å². The molecule has 0 bridgehead atoms. The molecule has 3 N–H and O–H groups in total. The van der Waals surface area contributed by atoms with E-state index in [-0.39, 0.29) is 12.0 Å². The first kappa shape index (κ1) is 20.6. The Bertz CT molecular complexity index is 595. The number of hydrazine groups is 1. The summed E-state index contributed by atoms with van der Waals surface area (Å²) in [6.07, 6.45) is 5.56. The first-order chi connectivity index (χ1) is 13.0. The van der Waals surface area contributed by atoms with Crippen LogP contribution in [0.25, 0.3) is 0 Å². The first-order valence-electron chi connectivity index (χ1n) is 10.5. The van der Waals surface area contributed by atoms with E-state index in [0.717, 1.165) is 50.6 Å². The Morgan fingerprint density at radius 2 is 2.11 bits per heavy atom. The number of rotatable bonds is 8. The van der Waals surface area contributed by atoms with Crippen LogP contribution in [-0.4, -0.2) is 55.4 Å². The fourth-order valence-electron chi connectivity index (χ4n) is 4.86. The second kappa shape index (κ2) is 9.37. The lowest BCUT2D eigenvalue weighted by molar-refractivity contribution is 0.0289. The Balaban J connectivity index is 1.58. The second-order valence-electron chi connectivity index (χ2n) is 9.07. The van der Waals surface area contributed by atoms with Crippen molar-refractivity contribution < 1.29 is 9.84 Å². The standard InChI is InChI=1S/C22H37N3O2/c1-17(2)10-19-12-20(24-23-19)14-25-9-5-8-22(15-25,16-26)13-18-6-4-7-21(11-18)27-3/h4,6-7,11,17,19-20,23-24,26H,5,8-10,12-16H2,1-3H3. The van der Waals surface area contributed by atoms with Gasteiger partial charge in [-0.15, -0.1) is 0 Å². The van der Waals surface area contributed by atoms with E-state index in [9.17, 15) is 5.11 Å². The van der Waals surface area contributed by atoms with Crippen LogP contribution in [0.5, 0.6) is 5.75 Å². The maximum absolute atomic E-state index is 10.3. The Morgan fingerprint density at radius 1 is 1.30 bits per heavy atom. The molecule has 2 aliphatic rings. The fourth-order valence-corrected chi connectivity index (χ4v) is 4.86. The Labute approximate surface area is 164 Å². The summed E-state index contributed by atoms with van der Waals surface area (Å²) in [4.78, 5) is 2.55. The molecule has 1 aromatic carbocycles. The minimum atomic E-state index is -0.0476. The van der Waals surface area contributed by atoms with Crippen molar-refractivity contribution in [1.29, 1.82) is 0 Å². The van der Waals surface area contributed by atoms with Crippen molar-refractivity contribution in [2.45, 2.75) is 58.0 Å². The van der Waals surface area contributed by atoms with Gasteiger partial charge in [0, 0.05) is 30.6 Å². The minimum Gasteiger partial charge on any atom is -0.497 e. The Morgan fingerprint density at radius 3 is 2.85 bits per heavy atom. The van der Waals surface area contributed by atoms with Gasteiger partial charge in [-0.25, -0.2) is 0 Å². The molecule has 3 unspecified atom stereocenters. The predicted octanol–water partition coefficient (Wildman–Crippen LogP) is 2.59. The predicted molar refractivity (Wildman–Crippen MR) is 110 cm³/mol. The van der Waals surface area contributed by atoms with Gasteiger partial charge in [-0.1, -0.05) is 26.0 Å². The van der Waals surface area contributed by atoms with E-state index in [1.165, 1.54) is 18.4 Å². The van der Waals surface area contributed by atoms with Gasteiger partial charge >= 0.3 is 0 Å². The molecule has 2 aliphatic heterocycles. The van der Waals surface area contributed by atoms with Crippen LogP contribution in [0.4, 0.5) is 0 Å². The smallest absolute Gasteiger partial charge is 0.119 e. The molecule has 3 atom stereocenters. The third-order valence-electron chi connectivity index (χ3n) is 6.08. The second-order valence-corrected chi connectivity index (χ2v) is 9.07. The summed E-state index contributed by atoms with van der Waals surface area (Å²) in [5, 5.41) is 10.3. The van der Waals surface area contributed by atoms with Gasteiger partial charge in [0.1, 0.15) is 5.75 Å². The molecule has 0 aromatic heterocycles. The zero-order valence-electron chi connectivity index (χ0n) is 17.2. The number of nitrogens with zero attached hydrogens (tertiary/aromatic N) is 1. The minimum absolute atomic E-state index is 0.0476. The maximum Gasteiger partial charge on any atom is 0.119 e. The summed E-state index contributed by atoms with van der Waals surface area (Å²) >= 11 is 0. The van der Waals surface area contributed by atoms with Crippen molar-refractivity contribution in [2.24, 2.45) is 11.3 Å². The van der Waals surface area contributed by atoms with Gasteiger partial charge in [0.05, 0.1) is 13.7 Å². The van der Waals surface area contributed by atoms with E-state index in [1.807, 2.05) is 12.1 Å². The SMILES string of the molecule is COc1cccc(CC2(CO)CCCN(CC3CC(CC(C)C)NN3)C2)c1. The van der Waals surface area contributed by atoms with Crippen molar-refractivity contribution in [2.75, 3.05) is 33.4 Å². The molecule has 0 amide bonds. The number of ether oxygens (including phenoxy) is 1. The first-order valence-corrected chi connectivity index (χ1v) is 10.5. The highest BCUT2D eigenvalue weighted by molar-refractivity contribution is 5.29. The van der Waals surface area contributed by atoms with Crippen molar-refractivity contribution in [3.63, 3.8) is 0 Å². The highest BCUT2D eigenvalue weighted by Gasteiger charge is 2.36.